The van der Waals surface area contributed by atoms with Crippen LogP contribution in [0.1, 0.15) is 25.7 Å². The maximum absolute atomic E-state index is 9.83. The number of rotatable bonds is 12. The highest BCUT2D eigenvalue weighted by atomic mass is 16.6. The molecule has 9 nitrogen and oxygen atoms in total. The molecule has 2 heterocycles. The first-order valence-corrected chi connectivity index (χ1v) is 9.22. The molecule has 0 aromatic heterocycles. The van der Waals surface area contributed by atoms with Gasteiger partial charge in [0.15, 0.2) is 0 Å². The van der Waals surface area contributed by atoms with Crippen LogP contribution in [-0.4, -0.2) is 105 Å². The zero-order valence-corrected chi connectivity index (χ0v) is 16.3. The minimum atomic E-state index is -1.04. The average Bonchev–Trinajstić information content (AvgIpc) is 3.60. The molecule has 2 fully saturated rings. The van der Waals surface area contributed by atoms with Gasteiger partial charge in [0.25, 0.3) is 0 Å². The zero-order chi connectivity index (χ0) is 21.6. The van der Waals surface area contributed by atoms with E-state index in [1.54, 1.807) is 12.2 Å². The predicted octanol–water partition coefficient (Wildman–Crippen LogP) is -1.52. The van der Waals surface area contributed by atoms with E-state index in [9.17, 15) is 10.2 Å². The predicted molar refractivity (Wildman–Crippen MR) is 103 cm³/mol. The molecule has 0 aromatic rings. The monoisotopic (exact) mass is 408 g/mol. The van der Waals surface area contributed by atoms with E-state index in [0.717, 1.165) is 0 Å². The molecular weight excluding hydrogens is 372 g/mol. The lowest BCUT2D eigenvalue weighted by atomic mass is 9.93. The van der Waals surface area contributed by atoms with Gasteiger partial charge in [-0.15, -0.1) is 13.2 Å². The van der Waals surface area contributed by atoms with Gasteiger partial charge >= 0.3 is 0 Å². The third-order valence-corrected chi connectivity index (χ3v) is 4.08. The molecule has 28 heavy (non-hydrogen) atoms. The van der Waals surface area contributed by atoms with Crippen molar-refractivity contribution in [2.75, 3.05) is 39.6 Å². The molecule has 2 saturated heterocycles. The summed E-state index contributed by atoms with van der Waals surface area (Å²) in [6.07, 6.45) is 4.38. The van der Waals surface area contributed by atoms with Gasteiger partial charge in [0, 0.05) is 12.8 Å². The van der Waals surface area contributed by atoms with Crippen LogP contribution in [0.3, 0.4) is 0 Å². The minimum Gasteiger partial charge on any atom is -0.394 e. The van der Waals surface area contributed by atoms with E-state index in [1.165, 1.54) is 0 Å². The van der Waals surface area contributed by atoms with E-state index in [4.69, 9.17) is 35.0 Å². The smallest absolute Gasteiger partial charge is 0.100 e. The molecule has 0 saturated carbocycles. The summed E-state index contributed by atoms with van der Waals surface area (Å²) in [5.41, 5.74) is -2.02. The molecule has 2 aliphatic heterocycles. The number of aliphatic hydroxyl groups excluding tert-OH is 5. The lowest BCUT2D eigenvalue weighted by molar-refractivity contribution is -0.0372. The summed E-state index contributed by atoms with van der Waals surface area (Å²) in [5.74, 6) is 0. The second-order valence-corrected chi connectivity index (χ2v) is 7.09. The summed E-state index contributed by atoms with van der Waals surface area (Å²) < 4.78 is 9.99. The third kappa shape index (κ3) is 13.3. The van der Waals surface area contributed by atoms with Gasteiger partial charge in [-0.25, -0.2) is 0 Å². The second-order valence-electron chi connectivity index (χ2n) is 7.09. The number of epoxide rings is 2. The topological polar surface area (TPSA) is 167 Å². The van der Waals surface area contributed by atoms with Crippen molar-refractivity contribution >= 4 is 0 Å². The molecule has 0 aliphatic carbocycles. The lowest BCUT2D eigenvalue weighted by Gasteiger charge is -2.23. The normalized spacial score (nSPS) is 22.1. The molecule has 0 aromatic carbocycles. The Labute approximate surface area is 166 Å². The molecule has 166 valence electrons. The van der Waals surface area contributed by atoms with Crippen molar-refractivity contribution in [1.82, 2.24) is 0 Å². The van der Waals surface area contributed by atoms with E-state index in [-0.39, 0.29) is 38.6 Å². The van der Waals surface area contributed by atoms with Crippen molar-refractivity contribution < 1.29 is 45.2 Å². The van der Waals surface area contributed by atoms with Crippen LogP contribution in [-0.2, 0) is 9.47 Å². The van der Waals surface area contributed by atoms with Crippen LogP contribution in [0.2, 0.25) is 0 Å². The van der Waals surface area contributed by atoms with Crippen molar-refractivity contribution in [3.63, 3.8) is 0 Å². The zero-order valence-electron chi connectivity index (χ0n) is 16.3. The molecular formula is C19H36O9. The maximum Gasteiger partial charge on any atom is 0.100 e. The van der Waals surface area contributed by atoms with E-state index >= 15 is 0 Å². The Hall–Kier alpha value is -0.880. The van der Waals surface area contributed by atoms with Crippen LogP contribution in [0.15, 0.2) is 25.3 Å². The van der Waals surface area contributed by atoms with E-state index < -0.39 is 17.3 Å². The largest absolute Gasteiger partial charge is 0.394 e. The van der Waals surface area contributed by atoms with Crippen LogP contribution in [0, 0.1) is 0 Å². The highest BCUT2D eigenvalue weighted by Gasteiger charge is 2.40. The van der Waals surface area contributed by atoms with Gasteiger partial charge in [0.2, 0.25) is 0 Å². The summed E-state index contributed by atoms with van der Waals surface area (Å²) in [6, 6.07) is 0. The number of aliphatic hydroxyl groups is 7. The molecule has 0 spiro atoms. The third-order valence-electron chi connectivity index (χ3n) is 4.08. The van der Waals surface area contributed by atoms with E-state index in [1.807, 2.05) is 0 Å². The van der Waals surface area contributed by atoms with Gasteiger partial charge in [-0.1, -0.05) is 12.2 Å². The number of hydrogen-bond donors (Lipinski definition) is 7. The molecule has 7 N–H and O–H groups in total. The Balaban J connectivity index is 0.000000416. The number of ether oxygens (including phenoxy) is 2. The van der Waals surface area contributed by atoms with E-state index in [2.05, 4.69) is 13.2 Å². The van der Waals surface area contributed by atoms with Crippen LogP contribution in [0.25, 0.3) is 0 Å². The SMILES string of the molecule is C=CCC(O)(CO)CC=C.OCC(O)(CC1CO1)CC1CO1.OCC(O)CO. The van der Waals surface area contributed by atoms with Crippen LogP contribution in [0.5, 0.6) is 0 Å². The summed E-state index contributed by atoms with van der Waals surface area (Å²) >= 11 is 0. The Morgan fingerprint density at radius 3 is 1.36 bits per heavy atom. The van der Waals surface area contributed by atoms with E-state index in [0.29, 0.717) is 38.9 Å². The lowest BCUT2D eigenvalue weighted by Crippen LogP contribution is -2.36. The summed E-state index contributed by atoms with van der Waals surface area (Å²) in [7, 11) is 0. The Bertz CT molecular complexity index is 394. The molecule has 2 rings (SSSR count). The highest BCUT2D eigenvalue weighted by Crippen LogP contribution is 2.30. The maximum atomic E-state index is 9.83. The average molecular weight is 408 g/mol. The van der Waals surface area contributed by atoms with Crippen molar-refractivity contribution in [2.45, 2.75) is 55.2 Å². The van der Waals surface area contributed by atoms with Crippen molar-refractivity contribution in [3.8, 4) is 0 Å². The molecule has 0 bridgehead atoms. The summed E-state index contributed by atoms with van der Waals surface area (Å²) in [4.78, 5) is 0. The molecule has 2 unspecified atom stereocenters. The summed E-state index contributed by atoms with van der Waals surface area (Å²) in [5, 5.41) is 61.0. The van der Waals surface area contributed by atoms with Gasteiger partial charge in [-0.05, 0) is 12.8 Å². The first-order chi connectivity index (χ1) is 13.2. The minimum absolute atomic E-state index is 0.154. The molecule has 0 radical (unpaired) electrons. The van der Waals surface area contributed by atoms with Crippen LogP contribution < -0.4 is 0 Å². The fourth-order valence-electron chi connectivity index (χ4n) is 2.24. The molecule has 0 amide bonds. The van der Waals surface area contributed by atoms with Crippen LogP contribution >= 0.6 is 0 Å². The van der Waals surface area contributed by atoms with Gasteiger partial charge in [-0.3, -0.25) is 0 Å². The van der Waals surface area contributed by atoms with Gasteiger partial charge < -0.3 is 45.2 Å². The quantitative estimate of drug-likeness (QED) is 0.150. The van der Waals surface area contributed by atoms with Crippen molar-refractivity contribution in [3.05, 3.63) is 25.3 Å². The van der Waals surface area contributed by atoms with Gasteiger partial charge in [-0.2, -0.15) is 0 Å². The molecule has 2 aliphatic rings. The Morgan fingerprint density at radius 2 is 1.18 bits per heavy atom. The summed E-state index contributed by atoms with van der Waals surface area (Å²) in [6.45, 7) is 7.20. The Kier molecular flexibility index (Phi) is 13.7. The second kappa shape index (κ2) is 14.2. The number of hydrogen-bond acceptors (Lipinski definition) is 9. The highest BCUT2D eigenvalue weighted by molar-refractivity contribution is 4.91. The molecule has 2 atom stereocenters. The van der Waals surface area contributed by atoms with Gasteiger partial charge in [0.05, 0.1) is 63.1 Å². The molecule has 9 heteroatoms. The Morgan fingerprint density at radius 1 is 0.821 bits per heavy atom. The van der Waals surface area contributed by atoms with Gasteiger partial charge in [0.1, 0.15) is 6.10 Å². The fraction of sp³-hybridized carbons (Fsp3) is 0.789. The van der Waals surface area contributed by atoms with Crippen LogP contribution in [0.4, 0.5) is 0 Å². The van der Waals surface area contributed by atoms with Crippen molar-refractivity contribution in [1.29, 1.82) is 0 Å². The first-order valence-electron chi connectivity index (χ1n) is 9.22. The standard InChI is InChI=1S/C8H14O4.C8H14O2.C3H8O3/c9-5-8(10,1-6-3-11-6)2-7-4-12-7;1-3-5-8(10,7-9)6-4-2;4-1-3(6)2-5/h6-7,9-10H,1-5H2;3-4,9-10H,1-2,5-7H2;3-6H,1-2H2. The van der Waals surface area contributed by atoms with Crippen molar-refractivity contribution in [2.24, 2.45) is 0 Å². The first kappa shape index (κ1) is 27.1. The fourth-order valence-corrected chi connectivity index (χ4v) is 2.24.